The van der Waals surface area contributed by atoms with Gasteiger partial charge in [-0.15, -0.1) is 0 Å². The summed E-state index contributed by atoms with van der Waals surface area (Å²) in [6, 6.07) is 17.7. The lowest BCUT2D eigenvalue weighted by atomic mass is 9.91. The molecule has 5 nitrogen and oxygen atoms in total. The molecule has 1 aliphatic rings. The molecular formula is C21H21ClN4O. The molecule has 0 radical (unpaired) electrons. The zero-order valence-corrected chi connectivity index (χ0v) is 16.0. The first-order valence-corrected chi connectivity index (χ1v) is 9.47. The number of rotatable bonds is 3. The van der Waals surface area contributed by atoms with Crippen LogP contribution in [0.5, 0.6) is 0 Å². The lowest BCUT2D eigenvalue weighted by Gasteiger charge is -2.40. The van der Waals surface area contributed by atoms with Crippen molar-refractivity contribution in [2.24, 2.45) is 5.92 Å². The molecule has 1 aliphatic heterocycles. The van der Waals surface area contributed by atoms with E-state index < -0.39 is 0 Å². The van der Waals surface area contributed by atoms with Crippen molar-refractivity contribution >= 4 is 23.5 Å². The lowest BCUT2D eigenvalue weighted by Crippen LogP contribution is -2.44. The Labute approximate surface area is 163 Å². The fourth-order valence-corrected chi connectivity index (χ4v) is 3.95. The van der Waals surface area contributed by atoms with Crippen molar-refractivity contribution < 1.29 is 4.79 Å². The van der Waals surface area contributed by atoms with Crippen molar-refractivity contribution in [3.05, 3.63) is 77.1 Å². The molecule has 0 N–H and O–H groups in total. The van der Waals surface area contributed by atoms with E-state index >= 15 is 0 Å². The maximum absolute atomic E-state index is 13.1. The first-order valence-electron chi connectivity index (χ1n) is 9.10. The van der Waals surface area contributed by atoms with E-state index in [4.69, 9.17) is 11.6 Å². The molecule has 2 aromatic carbocycles. The fourth-order valence-electron chi connectivity index (χ4n) is 3.69. The van der Waals surface area contributed by atoms with E-state index in [9.17, 15) is 4.79 Å². The van der Waals surface area contributed by atoms with Crippen molar-refractivity contribution in [3.8, 4) is 0 Å². The van der Waals surface area contributed by atoms with Crippen molar-refractivity contribution in [3.63, 3.8) is 0 Å². The maximum atomic E-state index is 13.1. The van der Waals surface area contributed by atoms with Crippen LogP contribution >= 0.6 is 11.6 Å². The summed E-state index contributed by atoms with van der Waals surface area (Å²) >= 11 is 6.49. The predicted molar refractivity (Wildman–Crippen MR) is 106 cm³/mol. The molecule has 0 aliphatic carbocycles. The van der Waals surface area contributed by atoms with Crippen LogP contribution in [0, 0.1) is 5.92 Å². The van der Waals surface area contributed by atoms with Gasteiger partial charge in [-0.05, 0) is 23.6 Å². The Morgan fingerprint density at radius 1 is 1.07 bits per heavy atom. The minimum atomic E-state index is -0.141. The number of carbonyl (C=O) groups excluding carboxylic acids is 1. The van der Waals surface area contributed by atoms with E-state index in [0.717, 1.165) is 11.1 Å². The van der Waals surface area contributed by atoms with Crippen LogP contribution in [-0.2, 0) is 4.79 Å². The van der Waals surface area contributed by atoms with E-state index in [1.165, 1.54) is 6.33 Å². The SMILES string of the molecule is CC(C)C(=O)N1c2ncnn2C(c2ccccc2Cl)CC1c1ccccc1. The van der Waals surface area contributed by atoms with Crippen LogP contribution in [0.4, 0.5) is 5.95 Å². The molecule has 0 fully saturated rings. The van der Waals surface area contributed by atoms with Gasteiger partial charge in [-0.1, -0.05) is 74.0 Å². The number of hydrogen-bond acceptors (Lipinski definition) is 3. The van der Waals surface area contributed by atoms with E-state index in [-0.39, 0.29) is 23.9 Å². The van der Waals surface area contributed by atoms with Gasteiger partial charge < -0.3 is 0 Å². The summed E-state index contributed by atoms with van der Waals surface area (Å²) in [6.07, 6.45) is 2.19. The Kier molecular flexibility index (Phi) is 4.70. The largest absolute Gasteiger partial charge is 0.274 e. The lowest BCUT2D eigenvalue weighted by molar-refractivity contribution is -0.122. The second kappa shape index (κ2) is 7.16. The predicted octanol–water partition coefficient (Wildman–Crippen LogP) is 4.65. The first kappa shape index (κ1) is 17.7. The Bertz CT molecular complexity index is 954. The number of anilines is 1. The second-order valence-electron chi connectivity index (χ2n) is 7.07. The molecule has 1 amide bonds. The summed E-state index contributed by atoms with van der Waals surface area (Å²) < 4.78 is 1.82. The van der Waals surface area contributed by atoms with Crippen molar-refractivity contribution in [2.75, 3.05) is 4.90 Å². The molecule has 27 heavy (non-hydrogen) atoms. The highest BCUT2D eigenvalue weighted by molar-refractivity contribution is 6.31. The molecule has 138 valence electrons. The number of nitrogens with zero attached hydrogens (tertiary/aromatic N) is 4. The number of benzene rings is 2. The highest BCUT2D eigenvalue weighted by Crippen LogP contribution is 2.43. The highest BCUT2D eigenvalue weighted by atomic mass is 35.5. The minimum absolute atomic E-state index is 0.0377. The fraction of sp³-hybridized carbons (Fsp3) is 0.286. The zero-order chi connectivity index (χ0) is 19.0. The smallest absolute Gasteiger partial charge is 0.232 e. The third-order valence-electron chi connectivity index (χ3n) is 5.00. The van der Waals surface area contributed by atoms with Gasteiger partial charge in [0.15, 0.2) is 0 Å². The van der Waals surface area contributed by atoms with Crippen LogP contribution in [0.25, 0.3) is 0 Å². The Balaban J connectivity index is 1.87. The number of hydrogen-bond donors (Lipinski definition) is 0. The molecule has 0 spiro atoms. The van der Waals surface area contributed by atoms with Crippen LogP contribution < -0.4 is 4.90 Å². The summed E-state index contributed by atoms with van der Waals surface area (Å²) in [4.78, 5) is 19.3. The van der Waals surface area contributed by atoms with Crippen LogP contribution in [0.1, 0.15) is 43.5 Å². The minimum Gasteiger partial charge on any atom is -0.274 e. The molecule has 1 aromatic heterocycles. The third-order valence-corrected chi connectivity index (χ3v) is 5.35. The number of aromatic nitrogens is 3. The first-order chi connectivity index (χ1) is 13.1. The Morgan fingerprint density at radius 3 is 2.48 bits per heavy atom. The molecule has 3 aromatic rings. The second-order valence-corrected chi connectivity index (χ2v) is 7.47. The average Bonchev–Trinajstić information content (AvgIpc) is 3.17. The van der Waals surface area contributed by atoms with E-state index in [0.29, 0.717) is 17.4 Å². The molecule has 2 heterocycles. The molecule has 0 bridgehead atoms. The summed E-state index contributed by atoms with van der Waals surface area (Å²) in [5.74, 6) is 0.465. The molecule has 0 saturated heterocycles. The third kappa shape index (κ3) is 3.12. The molecule has 4 rings (SSSR count). The standard InChI is InChI=1S/C21H21ClN4O/c1-14(2)20(27)25-18(15-8-4-3-5-9-15)12-19(26-21(25)23-13-24-26)16-10-6-7-11-17(16)22/h3-11,13-14,18-19H,12H2,1-2H3. The van der Waals surface area contributed by atoms with Gasteiger partial charge in [-0.3, -0.25) is 9.69 Å². The normalized spacial score (nSPS) is 19.2. The number of halogens is 1. The van der Waals surface area contributed by atoms with E-state index in [1.807, 2.05) is 61.0 Å². The van der Waals surface area contributed by atoms with E-state index in [1.54, 1.807) is 4.90 Å². The van der Waals surface area contributed by atoms with Gasteiger partial charge in [-0.2, -0.15) is 10.1 Å². The van der Waals surface area contributed by atoms with Crippen molar-refractivity contribution in [2.45, 2.75) is 32.4 Å². The molecule has 2 atom stereocenters. The summed E-state index contributed by atoms with van der Waals surface area (Å²) in [5, 5.41) is 5.12. The van der Waals surface area contributed by atoms with Crippen LogP contribution in [-0.4, -0.2) is 20.7 Å². The maximum Gasteiger partial charge on any atom is 0.232 e. The number of amides is 1. The topological polar surface area (TPSA) is 51.0 Å². The summed E-state index contributed by atoms with van der Waals surface area (Å²) in [7, 11) is 0. The van der Waals surface area contributed by atoms with Gasteiger partial charge in [0.05, 0.1) is 12.1 Å². The number of fused-ring (bicyclic) bond motifs is 1. The molecule has 2 unspecified atom stereocenters. The van der Waals surface area contributed by atoms with Crippen molar-refractivity contribution in [1.82, 2.24) is 14.8 Å². The monoisotopic (exact) mass is 380 g/mol. The molecule has 0 saturated carbocycles. The van der Waals surface area contributed by atoms with Gasteiger partial charge in [-0.25, -0.2) is 4.68 Å². The van der Waals surface area contributed by atoms with Crippen LogP contribution in [0.15, 0.2) is 60.9 Å². The van der Waals surface area contributed by atoms with Crippen molar-refractivity contribution in [1.29, 1.82) is 0 Å². The Hall–Kier alpha value is -2.66. The highest BCUT2D eigenvalue weighted by Gasteiger charge is 2.40. The quantitative estimate of drug-likeness (QED) is 0.664. The van der Waals surface area contributed by atoms with Crippen LogP contribution in [0.3, 0.4) is 0 Å². The van der Waals surface area contributed by atoms with Crippen LogP contribution in [0.2, 0.25) is 5.02 Å². The van der Waals surface area contributed by atoms with Gasteiger partial charge in [0.2, 0.25) is 11.9 Å². The zero-order valence-electron chi connectivity index (χ0n) is 15.3. The average molecular weight is 381 g/mol. The Morgan fingerprint density at radius 2 is 1.78 bits per heavy atom. The van der Waals surface area contributed by atoms with E-state index in [2.05, 4.69) is 22.2 Å². The number of carbonyl (C=O) groups is 1. The van der Waals surface area contributed by atoms with Gasteiger partial charge in [0.1, 0.15) is 6.33 Å². The van der Waals surface area contributed by atoms with Gasteiger partial charge >= 0.3 is 0 Å². The van der Waals surface area contributed by atoms with Gasteiger partial charge in [0.25, 0.3) is 0 Å². The van der Waals surface area contributed by atoms with Gasteiger partial charge in [0, 0.05) is 10.9 Å². The summed E-state index contributed by atoms with van der Waals surface area (Å²) in [5.41, 5.74) is 2.07. The molecular weight excluding hydrogens is 360 g/mol. The summed E-state index contributed by atoms with van der Waals surface area (Å²) in [6.45, 7) is 3.82. The molecule has 6 heteroatoms.